The zero-order valence-corrected chi connectivity index (χ0v) is 83.6. The lowest BCUT2D eigenvalue weighted by Gasteiger charge is -2.44. The number of allylic oxidation sites excluding steroid dienone is 1. The number of rotatable bonds is 10. The first-order chi connectivity index (χ1) is 69.4. The number of benzene rings is 9. The summed E-state index contributed by atoms with van der Waals surface area (Å²) in [5.41, 5.74) is 9.93. The van der Waals surface area contributed by atoms with Crippen LogP contribution in [0.2, 0.25) is 0 Å². The van der Waals surface area contributed by atoms with Crippen LogP contribution in [-0.2, 0) is 72.3 Å². The average Bonchev–Trinajstić information content (AvgIpc) is 1.72. The summed E-state index contributed by atoms with van der Waals surface area (Å²) in [5, 5.41) is 43.3. The normalized spacial score (nSPS) is 23.9. The molecule has 0 radical (unpaired) electrons. The number of fused-ring (bicyclic) bond motifs is 10. The van der Waals surface area contributed by atoms with E-state index in [1.807, 2.05) is 79.0 Å². The molecule has 3 aliphatic carbocycles. The molecule has 1 aromatic heterocycles. The predicted octanol–water partition coefficient (Wildman–Crippen LogP) is 21.6. The number of nitrogens with one attached hydrogen (secondary N) is 3. The molecule has 22 nitrogen and oxygen atoms in total. The molecule has 3 N–H and O–H groups in total. The van der Waals surface area contributed by atoms with Gasteiger partial charge in [0.15, 0.2) is 0 Å². The third kappa shape index (κ3) is 19.1. The number of carbonyl (C=O) groups is 6. The van der Waals surface area contributed by atoms with Gasteiger partial charge in [0.2, 0.25) is 17.7 Å². The molecule has 6 amide bonds. The first-order valence-electron chi connectivity index (χ1n) is 47.7. The zero-order valence-electron chi connectivity index (χ0n) is 78.7. The van der Waals surface area contributed by atoms with Gasteiger partial charge in [0.1, 0.15) is 108 Å². The van der Waals surface area contributed by atoms with Gasteiger partial charge in [0.25, 0.3) is 11.8 Å². The van der Waals surface area contributed by atoms with Gasteiger partial charge in [0, 0.05) is 107 Å². The third-order valence-corrected chi connectivity index (χ3v) is 35.7. The summed E-state index contributed by atoms with van der Waals surface area (Å²) >= 11 is 8.29. The van der Waals surface area contributed by atoms with Gasteiger partial charge in [-0.2, -0.15) is 25.5 Å². The predicted molar refractivity (Wildman–Crippen MR) is 544 cm³/mol. The third-order valence-electron chi connectivity index (χ3n) is 27.6. The molecule has 6 unspecified atom stereocenters. The van der Waals surface area contributed by atoms with E-state index in [-0.39, 0.29) is 93.6 Å². The highest BCUT2D eigenvalue weighted by molar-refractivity contribution is 8.16. The molecule has 10 aliphatic heterocycles. The number of thiophene rings is 1. The summed E-state index contributed by atoms with van der Waals surface area (Å²) in [4.78, 5) is 78.7. The minimum absolute atomic E-state index is 0.00608. The number of para-hydroxylation sites is 2. The lowest BCUT2D eigenvalue weighted by atomic mass is 9.86. The monoisotopic (exact) mass is 2080 g/mol. The topological polar surface area (TPSA) is 232 Å². The van der Waals surface area contributed by atoms with Crippen LogP contribution in [0, 0.1) is 64.1 Å². The van der Waals surface area contributed by atoms with Crippen molar-refractivity contribution in [2.24, 2.45) is 31.4 Å². The van der Waals surface area contributed by atoms with Crippen molar-refractivity contribution in [3.8, 4) is 0 Å². The number of hydrogen-bond donors (Lipinski definition) is 3. The maximum Gasteiger partial charge on any atom is 0.414 e. The number of hydrazone groups is 5. The van der Waals surface area contributed by atoms with Crippen molar-refractivity contribution in [1.29, 1.82) is 0 Å². The van der Waals surface area contributed by atoms with Gasteiger partial charge >= 0.3 is 6.09 Å². The number of ether oxygens (including phenoxy) is 1. The zero-order chi connectivity index (χ0) is 101. The highest BCUT2D eigenvalue weighted by atomic mass is 32.2. The van der Waals surface area contributed by atoms with Crippen LogP contribution in [0.1, 0.15) is 183 Å². The Balaban J connectivity index is 0.000000114. The van der Waals surface area contributed by atoms with E-state index in [0.29, 0.717) is 57.4 Å². The second kappa shape index (κ2) is 41.9. The highest BCUT2D eigenvalue weighted by Crippen LogP contribution is 2.61. The Morgan fingerprint density at radius 1 is 0.389 bits per heavy atom. The number of amides is 6. The maximum atomic E-state index is 14.5. The molecule has 9 aromatic carbocycles. The van der Waals surface area contributed by atoms with Crippen LogP contribution in [0.3, 0.4) is 0 Å². The Morgan fingerprint density at radius 3 is 1.10 bits per heavy atom. The molecule has 10 aromatic rings. The standard InChI is InChI=1S/2C22H21F2N3OS.C21H19F2N3O3S.C21H19F2N3OS.C20H19F2N3OS2/c23-15-9-10-18(24)16(13-15)20-26-27(21(28)19-8-4-12-25-19)22(29-20)11-3-6-14-5-1-2-7-17(14)22;23-16-7-8-19(24)17(12-16)20-26-27(21(28)15-9-11-25-13-15)22(29-20)10-3-5-14-4-1-2-6-18(14)22;1-3-29-20(28)25-11-10-21(16-6-4-5-7-18(16)25)26(13(2)27)24-19(30-21)15-12-14(22)8-9-17(15)23;1-13(2)25-11-10-21(17-6-4-5-7-19(17)25)26(14(3)27)24-20(28-21)16-12-15(22)8-9-18(16)23;21-12-5-6-15(22)13(11-12)18-24-25(19(26)16-3-2-9-23-16)20(28-18)8-1-4-17-14(20)7-10-27-17/h1-2,5,7,9-10,13,19,25H,3-4,6,8,11-12H2;1-2,4,6-8,12,15,25H,3,5,9-11,13H2;4-9,12H,3,10-11H2,1-2H3;4-9,12H,1,10-11H2,2-3H3;5-7,10-11,16,23H,1-4,8-9H2/t19-,22?;;;;16-,20?/m0...0/s1. The summed E-state index contributed by atoms with van der Waals surface area (Å²) in [6.07, 6.45) is 12.4. The van der Waals surface area contributed by atoms with Gasteiger partial charge in [-0.3, -0.25) is 28.9 Å². The lowest BCUT2D eigenvalue weighted by molar-refractivity contribution is -0.139. The van der Waals surface area contributed by atoms with Crippen LogP contribution < -0.4 is 25.8 Å². The van der Waals surface area contributed by atoms with Gasteiger partial charge in [-0.15, -0.1) is 11.3 Å². The van der Waals surface area contributed by atoms with Crippen LogP contribution in [0.4, 0.5) is 60.1 Å². The number of aryl methyl sites for hydroxylation is 3. The summed E-state index contributed by atoms with van der Waals surface area (Å²) in [6.45, 7) is 14.7. The Bertz CT molecular complexity index is 6780. The van der Waals surface area contributed by atoms with Crippen LogP contribution in [-0.4, -0.2) is 144 Å². The van der Waals surface area contributed by atoms with Gasteiger partial charge in [-0.25, -0.2) is 73.7 Å². The van der Waals surface area contributed by atoms with E-state index in [1.165, 1.54) is 104 Å². The van der Waals surface area contributed by atoms with Crippen molar-refractivity contribution in [2.45, 2.75) is 167 Å². The number of thioether (sulfide) groups is 5. The van der Waals surface area contributed by atoms with Crippen LogP contribution in [0.15, 0.2) is 237 Å². The largest absolute Gasteiger partial charge is 0.449 e. The molecule has 8 atom stereocenters. The maximum absolute atomic E-state index is 14.5. The fourth-order valence-electron chi connectivity index (χ4n) is 20.9. The van der Waals surface area contributed by atoms with E-state index >= 15 is 0 Å². The van der Waals surface area contributed by atoms with Crippen molar-refractivity contribution < 1.29 is 77.4 Å². The highest BCUT2D eigenvalue weighted by Gasteiger charge is 2.59. The summed E-state index contributed by atoms with van der Waals surface area (Å²) in [7, 11) is 0. The van der Waals surface area contributed by atoms with Crippen molar-refractivity contribution in [1.82, 2.24) is 41.0 Å². The molecular weight excluding hydrogens is 1980 g/mol. The van der Waals surface area contributed by atoms with Gasteiger partial charge in [-0.05, 0) is 260 Å². The fraction of sp³-hybridized carbons (Fsp3) is 0.330. The quantitative estimate of drug-likeness (QED) is 0.108. The minimum Gasteiger partial charge on any atom is -0.449 e. The van der Waals surface area contributed by atoms with Crippen molar-refractivity contribution in [3.63, 3.8) is 0 Å². The molecule has 13 aliphatic rings. The first-order valence-corrected chi connectivity index (χ1v) is 52.7. The molecule has 3 fully saturated rings. The second-order valence-electron chi connectivity index (χ2n) is 36.6. The van der Waals surface area contributed by atoms with Gasteiger partial charge in [0.05, 0.1) is 30.3 Å². The summed E-state index contributed by atoms with van der Waals surface area (Å²) in [6, 6.07) is 49.1. The smallest absolute Gasteiger partial charge is 0.414 e. The van der Waals surface area contributed by atoms with Crippen LogP contribution in [0.5, 0.6) is 0 Å². The summed E-state index contributed by atoms with van der Waals surface area (Å²) < 4.78 is 147. The molecule has 23 rings (SSSR count). The van der Waals surface area contributed by atoms with Gasteiger partial charge in [-0.1, -0.05) is 150 Å². The molecule has 0 saturated carbocycles. The Morgan fingerprint density at radius 2 is 0.736 bits per heavy atom. The minimum atomic E-state index is -0.973. The number of anilines is 2. The number of halogens is 10. The fourth-order valence-corrected chi connectivity index (χ4v) is 29.2. The molecule has 38 heteroatoms. The molecule has 144 heavy (non-hydrogen) atoms. The van der Waals surface area contributed by atoms with Crippen LogP contribution >= 0.6 is 70.1 Å². The molecule has 3 saturated heterocycles. The molecule has 5 spiro atoms. The molecular formula is C106H99F10N15O7S6. The summed E-state index contributed by atoms with van der Waals surface area (Å²) in [5.74, 6) is -6.48. The average molecular weight is 2080 g/mol. The van der Waals surface area contributed by atoms with Crippen molar-refractivity contribution >= 4 is 142 Å². The Labute approximate surface area is 850 Å². The molecule has 0 bridgehead atoms. The molecule has 11 heterocycles. The van der Waals surface area contributed by atoms with Crippen molar-refractivity contribution in [3.05, 3.63) is 342 Å². The molecule has 746 valence electrons. The van der Waals surface area contributed by atoms with Crippen molar-refractivity contribution in [2.75, 3.05) is 55.7 Å². The van der Waals surface area contributed by atoms with E-state index in [1.54, 1.807) is 51.5 Å². The lowest BCUT2D eigenvalue weighted by Crippen LogP contribution is -2.49. The first kappa shape index (κ1) is 101. The number of nitrogens with zero attached hydrogens (tertiary/aromatic N) is 12. The Kier molecular flexibility index (Phi) is 29.3. The number of hydrogen-bond acceptors (Lipinski definition) is 22. The van der Waals surface area contributed by atoms with Gasteiger partial charge < -0.3 is 25.6 Å². The Hall–Kier alpha value is -11.9. The van der Waals surface area contributed by atoms with E-state index in [9.17, 15) is 72.7 Å². The second-order valence-corrected chi connectivity index (χ2v) is 43.9. The van der Waals surface area contributed by atoms with E-state index < -0.39 is 88.6 Å². The van der Waals surface area contributed by atoms with E-state index in [0.717, 1.165) is 234 Å². The SMILES string of the molecule is C=C(C)N1CCC2(SC(c3cc(F)ccc3F)=NN2C(C)=O)c2ccccc21.CCOC(=O)N1CCC2(SC(c3cc(F)ccc3F)=NN2C(C)=O)c2ccccc21.O=C(C1CCNC1)N1N=C(c2cc(F)ccc2F)SC12CCCc1ccccc12.O=C([C@@H]1CCCN1)N1N=C(c2cc(F)ccc2F)SC12CCCc1ccccc12.O=C([C@@H]1CCCN1)N1N=C(c2cc(F)ccc2F)SC12CCCc1sccc12. The number of carbonyl (C=O) groups excluding carboxylic acids is 6. The van der Waals surface area contributed by atoms with E-state index in [2.05, 4.69) is 71.1 Å². The van der Waals surface area contributed by atoms with Crippen LogP contribution in [0.25, 0.3) is 0 Å². The van der Waals surface area contributed by atoms with E-state index in [4.69, 9.17) is 4.74 Å².